The van der Waals surface area contributed by atoms with Crippen LogP contribution in [0, 0.1) is 17.8 Å². The fourth-order valence-electron chi connectivity index (χ4n) is 6.46. The fraction of sp³-hybridized carbons (Fsp3) is 0.536. The zero-order valence-electron chi connectivity index (χ0n) is 21.0. The van der Waals surface area contributed by atoms with Crippen molar-refractivity contribution in [3.63, 3.8) is 0 Å². The first-order valence-corrected chi connectivity index (χ1v) is 13.6. The molecule has 192 valence electrons. The van der Waals surface area contributed by atoms with E-state index >= 15 is 0 Å². The molecule has 1 spiro atoms. The van der Waals surface area contributed by atoms with Crippen LogP contribution in [0.3, 0.4) is 0 Å². The Kier molecular flexibility index (Phi) is 6.53. The van der Waals surface area contributed by atoms with Crippen LogP contribution in [0.25, 0.3) is 0 Å². The number of fused-ring (bicyclic) bond motifs is 2. The molecule has 8 heteroatoms. The van der Waals surface area contributed by atoms with Gasteiger partial charge in [-0.1, -0.05) is 68.8 Å². The summed E-state index contributed by atoms with van der Waals surface area (Å²) in [5.74, 6) is -2.27. The first kappa shape index (κ1) is 25.1. The third kappa shape index (κ3) is 3.72. The summed E-state index contributed by atoms with van der Waals surface area (Å²) in [7, 11) is 0. The second kappa shape index (κ2) is 9.38. The molecule has 0 bridgehead atoms. The summed E-state index contributed by atoms with van der Waals surface area (Å²) in [5, 5.41) is 10.4. The molecule has 1 aromatic rings. The molecule has 0 saturated carbocycles. The number of amides is 2. The van der Waals surface area contributed by atoms with E-state index in [9.17, 15) is 19.5 Å². The average molecular weight is 511 g/mol. The Hall–Kier alpha value is -2.58. The number of aliphatic hydroxyl groups is 1. The monoisotopic (exact) mass is 510 g/mol. The van der Waals surface area contributed by atoms with Crippen LogP contribution in [0.2, 0.25) is 0 Å². The summed E-state index contributed by atoms with van der Waals surface area (Å²) >= 11 is 1.53. The first-order chi connectivity index (χ1) is 17.3. The lowest BCUT2D eigenvalue weighted by atomic mass is 9.75. The van der Waals surface area contributed by atoms with Crippen LogP contribution in [0.4, 0.5) is 0 Å². The summed E-state index contributed by atoms with van der Waals surface area (Å²) in [6, 6.07) is 8.46. The SMILES string of the molecule is CC[C@H](C)[C@H](CO)N1C(=O)[C@@H]2[C@H]3C(=O)OCC=C[C@@]3(C)S[C@@]23C=CCN(Cc2ccccc2)C(=O)C13. The normalized spacial score (nSPS) is 35.0. The van der Waals surface area contributed by atoms with Crippen molar-refractivity contribution in [3.05, 3.63) is 60.2 Å². The Labute approximate surface area is 216 Å². The van der Waals surface area contributed by atoms with E-state index in [-0.39, 0.29) is 30.9 Å². The van der Waals surface area contributed by atoms with E-state index in [0.29, 0.717) is 13.1 Å². The number of ether oxygens (including phenoxy) is 1. The summed E-state index contributed by atoms with van der Waals surface area (Å²) < 4.78 is 3.88. The molecule has 5 rings (SSSR count). The maximum Gasteiger partial charge on any atom is 0.311 e. The first-order valence-electron chi connectivity index (χ1n) is 12.8. The van der Waals surface area contributed by atoms with Crippen molar-refractivity contribution < 1.29 is 24.2 Å². The number of hydrogen-bond donors (Lipinski definition) is 1. The van der Waals surface area contributed by atoms with Crippen molar-refractivity contribution in [3.8, 4) is 0 Å². The van der Waals surface area contributed by atoms with Crippen molar-refractivity contribution >= 4 is 29.5 Å². The average Bonchev–Trinajstić information content (AvgIpc) is 3.13. The molecule has 2 saturated heterocycles. The Balaban J connectivity index is 1.64. The Bertz CT molecular complexity index is 1110. The van der Waals surface area contributed by atoms with Crippen LogP contribution in [0.5, 0.6) is 0 Å². The van der Waals surface area contributed by atoms with Gasteiger partial charge >= 0.3 is 5.97 Å². The molecule has 0 aromatic heterocycles. The van der Waals surface area contributed by atoms with Crippen molar-refractivity contribution in [2.24, 2.45) is 17.8 Å². The molecular weight excluding hydrogens is 476 g/mol. The largest absolute Gasteiger partial charge is 0.461 e. The predicted molar refractivity (Wildman–Crippen MR) is 138 cm³/mol. The number of benzene rings is 1. The summed E-state index contributed by atoms with van der Waals surface area (Å²) in [4.78, 5) is 45.4. The molecule has 4 heterocycles. The number of nitrogens with zero attached hydrogens (tertiary/aromatic N) is 2. The standard InChI is InChI=1S/C28H34N2O5S/c1-4-18(2)20(17-31)30-23-25(33)29(16-19-10-6-5-7-11-19)14-8-13-28(23)21(24(30)32)22-26(34)35-15-9-12-27(22,3)36-28/h5-13,18,20-23,31H,4,14-17H2,1-3H3/t18-,20-,21-,22-,23?,27+,28-/m0/s1. The molecule has 0 aliphatic carbocycles. The molecule has 1 unspecified atom stereocenters. The number of hydrogen-bond acceptors (Lipinski definition) is 6. The minimum Gasteiger partial charge on any atom is -0.461 e. The van der Waals surface area contributed by atoms with E-state index in [2.05, 4.69) is 0 Å². The lowest BCUT2D eigenvalue weighted by Gasteiger charge is -2.41. The van der Waals surface area contributed by atoms with Gasteiger partial charge in [0.15, 0.2) is 0 Å². The molecule has 4 aliphatic heterocycles. The van der Waals surface area contributed by atoms with E-state index in [0.717, 1.165) is 12.0 Å². The maximum absolute atomic E-state index is 14.4. The predicted octanol–water partition coefficient (Wildman–Crippen LogP) is 2.79. The highest BCUT2D eigenvalue weighted by molar-refractivity contribution is 8.02. The summed E-state index contributed by atoms with van der Waals surface area (Å²) in [6.07, 6.45) is 8.52. The molecule has 0 radical (unpaired) electrons. The second-order valence-electron chi connectivity index (χ2n) is 10.5. The number of carbonyl (C=O) groups excluding carboxylic acids is 3. The van der Waals surface area contributed by atoms with E-state index in [1.165, 1.54) is 11.8 Å². The molecule has 2 fully saturated rings. The van der Waals surface area contributed by atoms with Crippen LogP contribution in [0.15, 0.2) is 54.6 Å². The Morgan fingerprint density at radius 2 is 1.86 bits per heavy atom. The number of rotatable bonds is 6. The highest BCUT2D eigenvalue weighted by Crippen LogP contribution is 2.65. The van der Waals surface area contributed by atoms with Gasteiger partial charge in [-0.25, -0.2) is 0 Å². The summed E-state index contributed by atoms with van der Waals surface area (Å²) in [6.45, 7) is 6.74. The number of carbonyl (C=O) groups is 3. The van der Waals surface area contributed by atoms with Crippen LogP contribution in [-0.2, 0) is 25.7 Å². The molecule has 1 aromatic carbocycles. The van der Waals surface area contributed by atoms with E-state index < -0.39 is 39.4 Å². The molecule has 36 heavy (non-hydrogen) atoms. The Morgan fingerprint density at radius 1 is 1.11 bits per heavy atom. The van der Waals surface area contributed by atoms with Crippen molar-refractivity contribution in [1.82, 2.24) is 9.80 Å². The zero-order chi connectivity index (χ0) is 25.7. The number of aliphatic hydroxyl groups excluding tert-OH is 1. The van der Waals surface area contributed by atoms with Gasteiger partial charge in [-0.05, 0) is 24.5 Å². The molecule has 4 aliphatic rings. The van der Waals surface area contributed by atoms with Gasteiger partial charge in [0.25, 0.3) is 0 Å². The molecule has 7 nitrogen and oxygen atoms in total. The minimum atomic E-state index is -0.930. The van der Waals surface area contributed by atoms with Gasteiger partial charge in [-0.3, -0.25) is 14.4 Å². The molecule has 7 atom stereocenters. The van der Waals surface area contributed by atoms with Crippen LogP contribution >= 0.6 is 11.8 Å². The Morgan fingerprint density at radius 3 is 2.56 bits per heavy atom. The number of esters is 1. The fourth-order valence-corrected chi connectivity index (χ4v) is 8.60. The number of thioether (sulfide) groups is 1. The highest BCUT2D eigenvalue weighted by atomic mass is 32.2. The summed E-state index contributed by atoms with van der Waals surface area (Å²) in [5.41, 5.74) is 1.01. The van der Waals surface area contributed by atoms with Gasteiger partial charge in [0.05, 0.1) is 29.2 Å². The van der Waals surface area contributed by atoms with Crippen LogP contribution in [-0.4, -0.2) is 74.0 Å². The van der Waals surface area contributed by atoms with Crippen LogP contribution in [0.1, 0.15) is 32.8 Å². The van der Waals surface area contributed by atoms with Crippen molar-refractivity contribution in [1.29, 1.82) is 0 Å². The number of cyclic esters (lactones) is 1. The molecule has 2 amide bonds. The maximum atomic E-state index is 14.4. The third-order valence-electron chi connectivity index (χ3n) is 8.40. The van der Waals surface area contributed by atoms with Crippen LogP contribution < -0.4 is 0 Å². The lowest BCUT2D eigenvalue weighted by Crippen LogP contribution is -2.58. The topological polar surface area (TPSA) is 87.2 Å². The van der Waals surface area contributed by atoms with Gasteiger partial charge in [0, 0.05) is 17.8 Å². The number of likely N-dealkylation sites (tertiary alicyclic amines) is 1. The lowest BCUT2D eigenvalue weighted by molar-refractivity contribution is -0.153. The van der Waals surface area contributed by atoms with E-state index in [1.807, 2.05) is 75.4 Å². The van der Waals surface area contributed by atoms with Crippen molar-refractivity contribution in [2.75, 3.05) is 19.8 Å². The second-order valence-corrected chi connectivity index (χ2v) is 12.3. The van der Waals surface area contributed by atoms with Crippen molar-refractivity contribution in [2.45, 2.75) is 55.3 Å². The minimum absolute atomic E-state index is 0.0187. The molecular formula is C28H34N2O5S. The van der Waals surface area contributed by atoms with Gasteiger partial charge in [-0.15, -0.1) is 11.8 Å². The van der Waals surface area contributed by atoms with Gasteiger partial charge in [0.2, 0.25) is 11.8 Å². The van der Waals surface area contributed by atoms with E-state index in [4.69, 9.17) is 4.74 Å². The van der Waals surface area contributed by atoms with Gasteiger partial charge in [-0.2, -0.15) is 0 Å². The third-order valence-corrected chi connectivity index (χ3v) is 10.2. The van der Waals surface area contributed by atoms with Gasteiger partial charge < -0.3 is 19.6 Å². The highest BCUT2D eigenvalue weighted by Gasteiger charge is 2.74. The van der Waals surface area contributed by atoms with E-state index in [1.54, 1.807) is 9.80 Å². The zero-order valence-corrected chi connectivity index (χ0v) is 21.8. The quantitative estimate of drug-likeness (QED) is 0.468. The molecule has 1 N–H and O–H groups in total. The van der Waals surface area contributed by atoms with Gasteiger partial charge in [0.1, 0.15) is 12.6 Å². The smallest absolute Gasteiger partial charge is 0.311 e.